The van der Waals surface area contributed by atoms with Gasteiger partial charge in [-0.3, -0.25) is 4.79 Å². The first-order valence-electron chi connectivity index (χ1n) is 6.65. The maximum absolute atomic E-state index is 12.0. The summed E-state index contributed by atoms with van der Waals surface area (Å²) in [7, 11) is 0. The molecule has 0 N–H and O–H groups in total. The predicted octanol–water partition coefficient (Wildman–Crippen LogP) is 3.73. The van der Waals surface area contributed by atoms with E-state index in [0.29, 0.717) is 11.9 Å². The number of rotatable bonds is 7. The summed E-state index contributed by atoms with van der Waals surface area (Å²) in [6.07, 6.45) is 9.26. The Kier molecular flexibility index (Phi) is 7.10. The summed E-state index contributed by atoms with van der Waals surface area (Å²) in [5, 5.41) is 0.939. The van der Waals surface area contributed by atoms with E-state index in [1.165, 1.54) is 38.5 Å². The number of amides is 1. The number of likely N-dealkylation sites (tertiary alicyclic amines) is 1. The first kappa shape index (κ1) is 14.0. The van der Waals surface area contributed by atoms with E-state index in [0.717, 1.165) is 24.7 Å². The molecule has 0 spiro atoms. The van der Waals surface area contributed by atoms with Crippen LogP contribution in [0.5, 0.6) is 0 Å². The van der Waals surface area contributed by atoms with Gasteiger partial charge in [0.1, 0.15) is 0 Å². The average Bonchev–Trinajstić information content (AvgIpc) is 2.76. The van der Waals surface area contributed by atoms with Crippen LogP contribution in [0, 0.1) is 0 Å². The van der Waals surface area contributed by atoms with E-state index >= 15 is 0 Å². The molecule has 0 aromatic rings. The third-order valence-corrected chi connectivity index (χ3v) is 4.12. The van der Waals surface area contributed by atoms with Crippen molar-refractivity contribution < 1.29 is 4.79 Å². The zero-order chi connectivity index (χ0) is 11.8. The molecule has 1 aliphatic rings. The molecular weight excluding hydrogens is 266 g/mol. The molecule has 0 radical (unpaired) electrons. The molecule has 1 amide bonds. The van der Waals surface area contributed by atoms with E-state index in [4.69, 9.17) is 0 Å². The van der Waals surface area contributed by atoms with Crippen LogP contribution in [0.25, 0.3) is 0 Å². The molecule has 2 nitrogen and oxygen atoms in total. The first-order chi connectivity index (χ1) is 7.79. The minimum absolute atomic E-state index is 0.374. The van der Waals surface area contributed by atoms with Gasteiger partial charge in [0.25, 0.3) is 0 Å². The Morgan fingerprint density at radius 2 is 2.06 bits per heavy atom. The number of hydrogen-bond donors (Lipinski definition) is 0. The Balaban J connectivity index is 2.14. The van der Waals surface area contributed by atoms with Gasteiger partial charge in [0.2, 0.25) is 5.91 Å². The van der Waals surface area contributed by atoms with Gasteiger partial charge in [-0.05, 0) is 19.3 Å². The molecule has 1 rings (SSSR count). The lowest BCUT2D eigenvalue weighted by Crippen LogP contribution is -2.36. The van der Waals surface area contributed by atoms with Crippen LogP contribution in [0.2, 0.25) is 0 Å². The number of carbonyl (C=O) groups is 1. The smallest absolute Gasteiger partial charge is 0.222 e. The minimum atomic E-state index is 0.374. The maximum atomic E-state index is 12.0. The molecule has 1 unspecified atom stereocenters. The van der Waals surface area contributed by atoms with E-state index in [2.05, 4.69) is 27.8 Å². The first-order valence-corrected chi connectivity index (χ1v) is 7.77. The van der Waals surface area contributed by atoms with Crippen LogP contribution in [0.1, 0.15) is 58.3 Å². The van der Waals surface area contributed by atoms with Crippen molar-refractivity contribution >= 4 is 21.8 Å². The van der Waals surface area contributed by atoms with Crippen molar-refractivity contribution in [1.29, 1.82) is 0 Å². The summed E-state index contributed by atoms with van der Waals surface area (Å²) in [5.41, 5.74) is 0. The zero-order valence-corrected chi connectivity index (χ0v) is 12.0. The lowest BCUT2D eigenvalue weighted by Gasteiger charge is -2.23. The number of alkyl halides is 1. The topological polar surface area (TPSA) is 20.3 Å². The number of nitrogens with zero attached hydrogens (tertiary/aromatic N) is 1. The lowest BCUT2D eigenvalue weighted by molar-refractivity contribution is -0.131. The van der Waals surface area contributed by atoms with Gasteiger partial charge in [-0.25, -0.2) is 0 Å². The van der Waals surface area contributed by atoms with E-state index in [9.17, 15) is 4.79 Å². The third kappa shape index (κ3) is 4.44. The Morgan fingerprint density at radius 3 is 2.75 bits per heavy atom. The fraction of sp³-hybridized carbons (Fsp3) is 0.923. The van der Waals surface area contributed by atoms with Crippen molar-refractivity contribution in [3.63, 3.8) is 0 Å². The van der Waals surface area contributed by atoms with Gasteiger partial charge in [-0.1, -0.05) is 48.5 Å². The Morgan fingerprint density at radius 1 is 1.31 bits per heavy atom. The van der Waals surface area contributed by atoms with Crippen molar-refractivity contribution in [3.8, 4) is 0 Å². The molecule has 1 heterocycles. The van der Waals surface area contributed by atoms with Crippen LogP contribution in [-0.2, 0) is 4.79 Å². The molecule has 0 aromatic heterocycles. The SMILES string of the molecule is CCCCCCCC(=O)N1CCCC1CBr. The predicted molar refractivity (Wildman–Crippen MR) is 71.9 cm³/mol. The summed E-state index contributed by atoms with van der Waals surface area (Å²) in [6, 6.07) is 0.461. The van der Waals surface area contributed by atoms with Crippen molar-refractivity contribution in [2.24, 2.45) is 0 Å². The lowest BCUT2D eigenvalue weighted by atomic mass is 10.1. The standard InChI is InChI=1S/C13H24BrNO/c1-2-3-4-5-6-9-13(16)15-10-7-8-12(15)11-14/h12H,2-11H2,1H3. The molecule has 0 bridgehead atoms. The summed E-state index contributed by atoms with van der Waals surface area (Å²) in [5.74, 6) is 0.374. The molecule has 3 heteroatoms. The van der Waals surface area contributed by atoms with Crippen LogP contribution < -0.4 is 0 Å². The quantitative estimate of drug-likeness (QED) is 0.517. The van der Waals surface area contributed by atoms with Crippen molar-refractivity contribution in [2.45, 2.75) is 64.3 Å². The third-order valence-electron chi connectivity index (χ3n) is 3.37. The van der Waals surface area contributed by atoms with Crippen molar-refractivity contribution in [2.75, 3.05) is 11.9 Å². The highest BCUT2D eigenvalue weighted by molar-refractivity contribution is 9.09. The van der Waals surface area contributed by atoms with Gasteiger partial charge in [-0.15, -0.1) is 0 Å². The molecule has 1 aliphatic heterocycles. The highest BCUT2D eigenvalue weighted by atomic mass is 79.9. The molecule has 0 aliphatic carbocycles. The van der Waals surface area contributed by atoms with E-state index in [1.807, 2.05) is 0 Å². The Hall–Kier alpha value is -0.0500. The summed E-state index contributed by atoms with van der Waals surface area (Å²) in [4.78, 5) is 14.0. The molecule has 1 saturated heterocycles. The molecule has 0 aromatic carbocycles. The molecule has 0 saturated carbocycles. The second-order valence-electron chi connectivity index (χ2n) is 4.70. The Bertz CT molecular complexity index is 208. The van der Waals surface area contributed by atoms with Crippen molar-refractivity contribution in [3.05, 3.63) is 0 Å². The highest BCUT2D eigenvalue weighted by Gasteiger charge is 2.26. The van der Waals surface area contributed by atoms with Gasteiger partial charge in [0.05, 0.1) is 0 Å². The number of unbranched alkanes of at least 4 members (excludes halogenated alkanes) is 4. The van der Waals surface area contributed by atoms with Gasteiger partial charge in [0.15, 0.2) is 0 Å². The zero-order valence-electron chi connectivity index (χ0n) is 10.4. The number of halogens is 1. The molecule has 1 atom stereocenters. The molecule has 1 fully saturated rings. The monoisotopic (exact) mass is 289 g/mol. The van der Waals surface area contributed by atoms with Gasteiger partial charge < -0.3 is 4.90 Å². The number of carbonyl (C=O) groups excluding carboxylic acids is 1. The summed E-state index contributed by atoms with van der Waals surface area (Å²) in [6.45, 7) is 3.19. The number of hydrogen-bond acceptors (Lipinski definition) is 1. The van der Waals surface area contributed by atoms with Crippen LogP contribution in [0.15, 0.2) is 0 Å². The van der Waals surface area contributed by atoms with Crippen molar-refractivity contribution in [1.82, 2.24) is 4.90 Å². The van der Waals surface area contributed by atoms with Gasteiger partial charge in [-0.2, -0.15) is 0 Å². The molecule has 16 heavy (non-hydrogen) atoms. The fourth-order valence-electron chi connectivity index (χ4n) is 2.35. The second-order valence-corrected chi connectivity index (χ2v) is 5.35. The maximum Gasteiger partial charge on any atom is 0.222 e. The van der Waals surface area contributed by atoms with E-state index < -0.39 is 0 Å². The van der Waals surface area contributed by atoms with Crippen LogP contribution in [0.4, 0.5) is 0 Å². The summed E-state index contributed by atoms with van der Waals surface area (Å²) < 4.78 is 0. The average molecular weight is 290 g/mol. The molecular formula is C13H24BrNO. The Labute approximate surface area is 108 Å². The van der Waals surface area contributed by atoms with E-state index in [1.54, 1.807) is 0 Å². The minimum Gasteiger partial charge on any atom is -0.339 e. The van der Waals surface area contributed by atoms with Gasteiger partial charge >= 0.3 is 0 Å². The highest BCUT2D eigenvalue weighted by Crippen LogP contribution is 2.20. The second kappa shape index (κ2) is 8.10. The molecule has 94 valence electrons. The van der Waals surface area contributed by atoms with Gasteiger partial charge in [0, 0.05) is 24.3 Å². The van der Waals surface area contributed by atoms with Crippen LogP contribution >= 0.6 is 15.9 Å². The normalized spacial score (nSPS) is 20.4. The summed E-state index contributed by atoms with van der Waals surface area (Å²) >= 11 is 3.49. The van der Waals surface area contributed by atoms with E-state index in [-0.39, 0.29) is 0 Å². The van der Waals surface area contributed by atoms with Crippen LogP contribution in [-0.4, -0.2) is 28.7 Å². The van der Waals surface area contributed by atoms with Crippen LogP contribution in [0.3, 0.4) is 0 Å². The fourth-order valence-corrected chi connectivity index (χ4v) is 3.02. The largest absolute Gasteiger partial charge is 0.339 e.